The molecule has 4 rings (SSSR count). The second-order valence-corrected chi connectivity index (χ2v) is 6.85. The van der Waals surface area contributed by atoms with Crippen molar-refractivity contribution >= 4 is 23.2 Å². The number of rotatable bonds is 5. The van der Waals surface area contributed by atoms with Crippen molar-refractivity contribution in [1.29, 1.82) is 0 Å². The molecular formula is C20H19FN6O2. The monoisotopic (exact) mass is 394 g/mol. The first-order valence-electron chi connectivity index (χ1n) is 9.24. The molecule has 0 spiro atoms. The molecule has 1 N–H and O–H groups in total. The number of nitrogens with zero attached hydrogens (tertiary/aromatic N) is 5. The molecule has 9 heteroatoms. The summed E-state index contributed by atoms with van der Waals surface area (Å²) < 4.78 is 13.4. The number of halogens is 1. The zero-order valence-electron chi connectivity index (χ0n) is 15.8. The maximum Gasteiger partial charge on any atom is 0.248 e. The first-order valence-corrected chi connectivity index (χ1v) is 9.24. The van der Waals surface area contributed by atoms with Crippen LogP contribution < -0.4 is 10.2 Å². The van der Waals surface area contributed by atoms with Gasteiger partial charge in [-0.05, 0) is 60.5 Å². The summed E-state index contributed by atoms with van der Waals surface area (Å²) in [7, 11) is 0. The number of benzene rings is 2. The van der Waals surface area contributed by atoms with Gasteiger partial charge in [0.25, 0.3) is 0 Å². The van der Waals surface area contributed by atoms with Gasteiger partial charge in [0, 0.05) is 29.9 Å². The summed E-state index contributed by atoms with van der Waals surface area (Å²) in [6.07, 6.45) is 1.38. The number of carbonyl (C=O) groups is 2. The van der Waals surface area contributed by atoms with Gasteiger partial charge >= 0.3 is 0 Å². The molecular weight excluding hydrogens is 375 g/mol. The van der Waals surface area contributed by atoms with Crippen molar-refractivity contribution in [3.63, 3.8) is 0 Å². The van der Waals surface area contributed by atoms with Crippen molar-refractivity contribution in [2.45, 2.75) is 26.3 Å². The number of hydrogen-bond acceptors (Lipinski definition) is 5. The van der Waals surface area contributed by atoms with Crippen LogP contribution >= 0.6 is 0 Å². The molecule has 8 nitrogen and oxygen atoms in total. The molecule has 0 atom stereocenters. The summed E-state index contributed by atoms with van der Waals surface area (Å²) in [5.74, 6) is -0.230. The molecule has 1 aliphatic rings. The van der Waals surface area contributed by atoms with Gasteiger partial charge in [0.1, 0.15) is 12.4 Å². The Morgan fingerprint density at radius 1 is 1.24 bits per heavy atom. The van der Waals surface area contributed by atoms with Crippen LogP contribution in [-0.2, 0) is 16.1 Å². The first kappa shape index (κ1) is 18.7. The third-order valence-electron chi connectivity index (χ3n) is 4.67. The molecule has 1 fully saturated rings. The largest absolute Gasteiger partial charge is 0.324 e. The highest BCUT2D eigenvalue weighted by Gasteiger charge is 2.21. The highest BCUT2D eigenvalue weighted by Crippen LogP contribution is 2.24. The van der Waals surface area contributed by atoms with E-state index in [2.05, 4.69) is 20.7 Å². The van der Waals surface area contributed by atoms with E-state index in [9.17, 15) is 14.0 Å². The topological polar surface area (TPSA) is 93.0 Å². The molecule has 2 heterocycles. The van der Waals surface area contributed by atoms with Crippen molar-refractivity contribution in [2.24, 2.45) is 0 Å². The Bertz CT molecular complexity index is 1080. The minimum absolute atomic E-state index is 0.0869. The fourth-order valence-corrected chi connectivity index (χ4v) is 3.21. The lowest BCUT2D eigenvalue weighted by Gasteiger charge is -2.16. The Morgan fingerprint density at radius 2 is 2.10 bits per heavy atom. The van der Waals surface area contributed by atoms with Gasteiger partial charge in [0.05, 0.1) is 0 Å². The third kappa shape index (κ3) is 4.13. The van der Waals surface area contributed by atoms with Crippen molar-refractivity contribution < 1.29 is 14.0 Å². The predicted octanol–water partition coefficient (Wildman–Crippen LogP) is 2.55. The molecule has 3 aromatic rings. The van der Waals surface area contributed by atoms with Crippen LogP contribution in [-0.4, -0.2) is 38.6 Å². The zero-order chi connectivity index (χ0) is 20.4. The maximum absolute atomic E-state index is 13.4. The van der Waals surface area contributed by atoms with Crippen LogP contribution in [0.15, 0.2) is 42.5 Å². The Labute approximate surface area is 166 Å². The Morgan fingerprint density at radius 3 is 2.86 bits per heavy atom. The quantitative estimate of drug-likeness (QED) is 0.718. The number of aromatic nitrogens is 4. The molecule has 148 valence electrons. The number of carbonyl (C=O) groups excluding carboxylic acids is 2. The second kappa shape index (κ2) is 7.78. The molecule has 2 aromatic carbocycles. The predicted molar refractivity (Wildman–Crippen MR) is 105 cm³/mol. The molecule has 0 bridgehead atoms. The number of anilines is 2. The van der Waals surface area contributed by atoms with E-state index in [0.717, 1.165) is 12.1 Å². The van der Waals surface area contributed by atoms with E-state index in [-0.39, 0.29) is 24.2 Å². The molecule has 1 aromatic heterocycles. The maximum atomic E-state index is 13.4. The van der Waals surface area contributed by atoms with Crippen LogP contribution in [0.4, 0.5) is 15.8 Å². The number of nitrogens with one attached hydrogen (secondary N) is 1. The van der Waals surface area contributed by atoms with E-state index in [1.165, 1.54) is 10.9 Å². The molecule has 2 amide bonds. The number of tetrazole rings is 1. The van der Waals surface area contributed by atoms with E-state index in [4.69, 9.17) is 0 Å². The fraction of sp³-hybridized carbons (Fsp3) is 0.250. The lowest BCUT2D eigenvalue weighted by atomic mass is 10.1. The minimum atomic E-state index is -0.325. The summed E-state index contributed by atoms with van der Waals surface area (Å²) in [5, 5.41) is 14.8. The minimum Gasteiger partial charge on any atom is -0.324 e. The summed E-state index contributed by atoms with van der Waals surface area (Å²) in [6.45, 7) is 2.21. The van der Waals surface area contributed by atoms with Crippen LogP contribution in [0.1, 0.15) is 18.4 Å². The van der Waals surface area contributed by atoms with Gasteiger partial charge in [-0.25, -0.2) is 4.39 Å². The third-order valence-corrected chi connectivity index (χ3v) is 4.67. The standard InChI is InChI=1S/C20H19FN6O2/c1-13-10-14(7-8-17(13)21)20-23-25-27(24-20)12-18(28)22-15-4-2-5-16(11-15)26-9-3-6-19(26)29/h2,4-5,7-8,10-11H,3,6,9,12H2,1H3,(H,22,28). The van der Waals surface area contributed by atoms with Crippen molar-refractivity contribution in [2.75, 3.05) is 16.8 Å². The van der Waals surface area contributed by atoms with Gasteiger partial charge in [-0.1, -0.05) is 6.07 Å². The lowest BCUT2D eigenvalue weighted by molar-refractivity contribution is -0.117. The molecule has 1 saturated heterocycles. The number of amides is 2. The molecule has 0 radical (unpaired) electrons. The van der Waals surface area contributed by atoms with Crippen molar-refractivity contribution in [3.8, 4) is 11.4 Å². The van der Waals surface area contributed by atoms with Gasteiger partial charge in [-0.3, -0.25) is 9.59 Å². The molecule has 0 aliphatic carbocycles. The second-order valence-electron chi connectivity index (χ2n) is 6.85. The van der Waals surface area contributed by atoms with E-state index in [1.807, 2.05) is 6.07 Å². The summed E-state index contributed by atoms with van der Waals surface area (Å²) in [6, 6.07) is 11.7. The Balaban J connectivity index is 1.42. The Hall–Kier alpha value is -3.62. The zero-order valence-corrected chi connectivity index (χ0v) is 15.8. The number of hydrogen-bond donors (Lipinski definition) is 1. The van der Waals surface area contributed by atoms with Crippen LogP contribution in [0.5, 0.6) is 0 Å². The summed E-state index contributed by atoms with van der Waals surface area (Å²) in [5.41, 5.74) is 2.45. The van der Waals surface area contributed by atoms with Gasteiger partial charge in [-0.2, -0.15) is 4.80 Å². The molecule has 1 aliphatic heterocycles. The van der Waals surface area contributed by atoms with Crippen LogP contribution in [0.2, 0.25) is 0 Å². The molecule has 29 heavy (non-hydrogen) atoms. The van der Waals surface area contributed by atoms with E-state index >= 15 is 0 Å². The van der Waals surface area contributed by atoms with Gasteiger partial charge in [0.15, 0.2) is 0 Å². The highest BCUT2D eigenvalue weighted by atomic mass is 19.1. The lowest BCUT2D eigenvalue weighted by Crippen LogP contribution is -2.24. The van der Waals surface area contributed by atoms with Gasteiger partial charge < -0.3 is 10.2 Å². The van der Waals surface area contributed by atoms with E-state index in [1.54, 1.807) is 42.2 Å². The highest BCUT2D eigenvalue weighted by molar-refractivity contribution is 5.97. The average Bonchev–Trinajstić information content (AvgIpc) is 3.33. The Kier molecular flexibility index (Phi) is 5.03. The number of aryl methyl sites for hydroxylation is 1. The van der Waals surface area contributed by atoms with Crippen LogP contribution in [0, 0.1) is 12.7 Å². The average molecular weight is 394 g/mol. The van der Waals surface area contributed by atoms with Crippen LogP contribution in [0.3, 0.4) is 0 Å². The smallest absolute Gasteiger partial charge is 0.248 e. The van der Waals surface area contributed by atoms with E-state index < -0.39 is 0 Å². The van der Waals surface area contributed by atoms with Crippen LogP contribution in [0.25, 0.3) is 11.4 Å². The SMILES string of the molecule is Cc1cc(-c2nnn(CC(=O)Nc3cccc(N4CCCC4=O)c3)n2)ccc1F. The molecule has 0 saturated carbocycles. The van der Waals surface area contributed by atoms with E-state index in [0.29, 0.717) is 35.6 Å². The first-order chi connectivity index (χ1) is 14.0. The fourth-order valence-electron chi connectivity index (χ4n) is 3.21. The van der Waals surface area contributed by atoms with Crippen molar-refractivity contribution in [1.82, 2.24) is 20.2 Å². The normalized spacial score (nSPS) is 13.7. The van der Waals surface area contributed by atoms with Crippen molar-refractivity contribution in [3.05, 3.63) is 53.8 Å². The molecule has 0 unspecified atom stereocenters. The van der Waals surface area contributed by atoms with Gasteiger partial charge in [-0.15, -0.1) is 10.2 Å². The van der Waals surface area contributed by atoms with Gasteiger partial charge in [0.2, 0.25) is 17.6 Å². The summed E-state index contributed by atoms with van der Waals surface area (Å²) in [4.78, 5) is 27.1. The summed E-state index contributed by atoms with van der Waals surface area (Å²) >= 11 is 0.